The van der Waals surface area contributed by atoms with E-state index in [0.717, 1.165) is 5.56 Å². The molecule has 0 heterocycles. The second kappa shape index (κ2) is 3.03. The minimum atomic E-state index is -0.319. The smallest absolute Gasteiger partial charge is 0.123 e. The molecule has 54 valence electrons. The average Bonchev–Trinajstić information content (AvgIpc) is 1.88. The molecule has 1 atom stereocenters. The van der Waals surface area contributed by atoms with Crippen LogP contribution >= 0.6 is 12.6 Å². The van der Waals surface area contributed by atoms with Crippen LogP contribution in [-0.2, 0) is 0 Å². The van der Waals surface area contributed by atoms with Gasteiger partial charge in [0.15, 0.2) is 0 Å². The van der Waals surface area contributed by atoms with Gasteiger partial charge in [-0.2, -0.15) is 12.6 Å². The second-order valence-electron chi connectivity index (χ2n) is 2.00. The number of thiol groups is 1. The fourth-order valence-corrected chi connectivity index (χ4v) is 0.832. The molecule has 0 fully saturated rings. The fourth-order valence-electron chi connectivity index (χ4n) is 0.660. The number of hydrogen-bond donors (Lipinski definition) is 2. The van der Waals surface area contributed by atoms with Gasteiger partial charge in [-0.15, -0.1) is 0 Å². The first kappa shape index (κ1) is 7.57. The Morgan fingerprint density at radius 3 is 2.20 bits per heavy atom. The zero-order valence-corrected chi connectivity index (χ0v) is 6.18. The van der Waals surface area contributed by atoms with Crippen molar-refractivity contribution in [2.75, 3.05) is 0 Å². The maximum Gasteiger partial charge on any atom is 0.123 e. The molecular formula is C7H8FNS. The molecule has 0 bridgehead atoms. The molecule has 10 heavy (non-hydrogen) atoms. The highest BCUT2D eigenvalue weighted by Crippen LogP contribution is 2.13. The summed E-state index contributed by atoms with van der Waals surface area (Å²) in [5.74, 6) is -0.252. The lowest BCUT2D eigenvalue weighted by molar-refractivity contribution is 0.627. The minimum absolute atomic E-state index is 0.252. The quantitative estimate of drug-likeness (QED) is 0.471. The molecule has 1 rings (SSSR count). The van der Waals surface area contributed by atoms with Gasteiger partial charge < -0.3 is 5.73 Å². The van der Waals surface area contributed by atoms with Gasteiger partial charge in [-0.25, -0.2) is 4.39 Å². The Morgan fingerprint density at radius 1 is 1.30 bits per heavy atom. The first-order valence-electron chi connectivity index (χ1n) is 2.89. The molecule has 0 spiro atoms. The van der Waals surface area contributed by atoms with Gasteiger partial charge in [-0.3, -0.25) is 0 Å². The number of hydrogen-bond acceptors (Lipinski definition) is 2. The number of nitrogens with two attached hydrogens (primary N) is 1. The lowest BCUT2D eigenvalue weighted by Crippen LogP contribution is -2.01. The van der Waals surface area contributed by atoms with E-state index in [9.17, 15) is 4.39 Å². The van der Waals surface area contributed by atoms with Crippen LogP contribution in [0.1, 0.15) is 10.9 Å². The van der Waals surface area contributed by atoms with Gasteiger partial charge in [0.05, 0.1) is 5.37 Å². The number of benzene rings is 1. The molecule has 0 amide bonds. The van der Waals surface area contributed by atoms with Crippen LogP contribution in [0.5, 0.6) is 0 Å². The lowest BCUT2D eigenvalue weighted by Gasteiger charge is -2.02. The van der Waals surface area contributed by atoms with E-state index < -0.39 is 0 Å². The van der Waals surface area contributed by atoms with Gasteiger partial charge in [-0.05, 0) is 17.7 Å². The third-order valence-electron chi connectivity index (χ3n) is 1.21. The molecule has 1 nitrogen and oxygen atoms in total. The van der Waals surface area contributed by atoms with Crippen LogP contribution in [0.25, 0.3) is 0 Å². The molecule has 0 aliphatic carbocycles. The van der Waals surface area contributed by atoms with Crippen molar-refractivity contribution in [1.82, 2.24) is 0 Å². The zero-order chi connectivity index (χ0) is 7.56. The SMILES string of the molecule is NC(S)c1ccc(F)cc1. The molecule has 0 aromatic heterocycles. The van der Waals surface area contributed by atoms with Crippen LogP contribution in [0, 0.1) is 5.82 Å². The van der Waals surface area contributed by atoms with Crippen LogP contribution in [0.4, 0.5) is 4.39 Å². The first-order chi connectivity index (χ1) is 4.70. The van der Waals surface area contributed by atoms with E-state index >= 15 is 0 Å². The maximum absolute atomic E-state index is 12.3. The van der Waals surface area contributed by atoms with Crippen LogP contribution in [0.3, 0.4) is 0 Å². The van der Waals surface area contributed by atoms with Gasteiger partial charge >= 0.3 is 0 Å². The zero-order valence-electron chi connectivity index (χ0n) is 5.29. The van der Waals surface area contributed by atoms with E-state index in [1.807, 2.05) is 0 Å². The molecular weight excluding hydrogens is 149 g/mol. The summed E-state index contributed by atoms with van der Waals surface area (Å²) in [5.41, 5.74) is 6.23. The molecule has 0 saturated heterocycles. The van der Waals surface area contributed by atoms with E-state index in [-0.39, 0.29) is 11.2 Å². The van der Waals surface area contributed by atoms with Gasteiger partial charge in [0, 0.05) is 0 Å². The largest absolute Gasteiger partial charge is 0.316 e. The normalized spacial score (nSPS) is 13.1. The molecule has 0 aliphatic rings. The third kappa shape index (κ3) is 1.72. The molecule has 0 radical (unpaired) electrons. The van der Waals surface area contributed by atoms with Crippen LogP contribution in [0.2, 0.25) is 0 Å². The minimum Gasteiger partial charge on any atom is -0.316 e. The summed E-state index contributed by atoms with van der Waals surface area (Å²) in [7, 11) is 0. The van der Waals surface area contributed by atoms with Crippen molar-refractivity contribution in [2.24, 2.45) is 5.73 Å². The monoisotopic (exact) mass is 157 g/mol. The summed E-state index contributed by atoms with van der Waals surface area (Å²) in [6.45, 7) is 0. The van der Waals surface area contributed by atoms with E-state index in [0.29, 0.717) is 0 Å². The Hall–Kier alpha value is -0.540. The first-order valence-corrected chi connectivity index (χ1v) is 3.41. The molecule has 1 unspecified atom stereocenters. The molecule has 2 N–H and O–H groups in total. The highest BCUT2D eigenvalue weighted by atomic mass is 32.1. The van der Waals surface area contributed by atoms with Crippen molar-refractivity contribution < 1.29 is 4.39 Å². The van der Waals surface area contributed by atoms with Crippen molar-refractivity contribution in [3.05, 3.63) is 35.6 Å². The van der Waals surface area contributed by atoms with Gasteiger partial charge in [0.25, 0.3) is 0 Å². The van der Waals surface area contributed by atoms with Crippen LogP contribution in [-0.4, -0.2) is 0 Å². The van der Waals surface area contributed by atoms with E-state index in [1.165, 1.54) is 12.1 Å². The Morgan fingerprint density at radius 2 is 1.80 bits per heavy atom. The van der Waals surface area contributed by atoms with Crippen molar-refractivity contribution in [2.45, 2.75) is 5.37 Å². The van der Waals surface area contributed by atoms with E-state index in [1.54, 1.807) is 12.1 Å². The molecule has 0 aliphatic heterocycles. The molecule has 3 heteroatoms. The third-order valence-corrected chi connectivity index (χ3v) is 1.51. The summed E-state index contributed by atoms with van der Waals surface area (Å²) in [6, 6.07) is 5.97. The number of halogens is 1. The highest BCUT2D eigenvalue weighted by molar-refractivity contribution is 7.80. The Labute approximate surface area is 64.5 Å². The summed E-state index contributed by atoms with van der Waals surface area (Å²) in [4.78, 5) is 0. The van der Waals surface area contributed by atoms with Crippen molar-refractivity contribution in [3.63, 3.8) is 0 Å². The topological polar surface area (TPSA) is 26.0 Å². The summed E-state index contributed by atoms with van der Waals surface area (Å²) < 4.78 is 12.3. The highest BCUT2D eigenvalue weighted by Gasteiger charge is 1.97. The van der Waals surface area contributed by atoms with E-state index in [4.69, 9.17) is 5.73 Å². The molecule has 1 aromatic rings. The maximum atomic E-state index is 12.3. The van der Waals surface area contributed by atoms with Crippen LogP contribution < -0.4 is 5.73 Å². The van der Waals surface area contributed by atoms with Crippen molar-refractivity contribution in [1.29, 1.82) is 0 Å². The summed E-state index contributed by atoms with van der Waals surface area (Å²) in [5, 5.41) is -0.319. The van der Waals surface area contributed by atoms with Gasteiger partial charge in [0.1, 0.15) is 5.82 Å². The predicted molar refractivity (Wildman–Crippen MR) is 42.3 cm³/mol. The molecule has 1 aromatic carbocycles. The lowest BCUT2D eigenvalue weighted by atomic mass is 10.2. The average molecular weight is 157 g/mol. The van der Waals surface area contributed by atoms with Crippen LogP contribution in [0.15, 0.2) is 24.3 Å². The number of rotatable bonds is 1. The van der Waals surface area contributed by atoms with Gasteiger partial charge in [-0.1, -0.05) is 12.1 Å². The molecule has 0 saturated carbocycles. The summed E-state index contributed by atoms with van der Waals surface area (Å²) >= 11 is 3.98. The Bertz CT molecular complexity index is 207. The van der Waals surface area contributed by atoms with Crippen molar-refractivity contribution in [3.8, 4) is 0 Å². The van der Waals surface area contributed by atoms with E-state index in [2.05, 4.69) is 12.6 Å². The second-order valence-corrected chi connectivity index (χ2v) is 2.55. The fraction of sp³-hybridized carbons (Fsp3) is 0.143. The van der Waals surface area contributed by atoms with Crippen molar-refractivity contribution >= 4 is 12.6 Å². The summed E-state index contributed by atoms with van der Waals surface area (Å²) in [6.07, 6.45) is 0. The standard InChI is InChI=1S/C7H8FNS/c8-6-3-1-5(2-4-6)7(9)10/h1-4,7,10H,9H2. The Kier molecular flexibility index (Phi) is 2.29. The predicted octanol–water partition coefficient (Wildman–Crippen LogP) is 1.71. The van der Waals surface area contributed by atoms with Gasteiger partial charge in [0.2, 0.25) is 0 Å². The Balaban J connectivity index is 2.89.